The topological polar surface area (TPSA) is 50.9 Å². The van der Waals surface area contributed by atoms with Gasteiger partial charge in [0, 0.05) is 34.4 Å². The maximum Gasteiger partial charge on any atom is 0.0743 e. The van der Waals surface area contributed by atoms with Gasteiger partial charge in [0.15, 0.2) is 0 Å². The first-order valence-electron chi connectivity index (χ1n) is 6.41. The van der Waals surface area contributed by atoms with E-state index in [2.05, 4.69) is 28.1 Å². The fourth-order valence-corrected chi connectivity index (χ4v) is 4.84. The maximum absolute atomic E-state index is 6.07. The van der Waals surface area contributed by atoms with Gasteiger partial charge in [0.05, 0.1) is 23.1 Å². The second kappa shape index (κ2) is 5.92. The third-order valence-corrected chi connectivity index (χ3v) is 6.04. The second-order valence-electron chi connectivity index (χ2n) is 4.55. The molecule has 2 aromatic rings. The number of aromatic nitrogens is 1. The molecule has 1 aliphatic heterocycles. The van der Waals surface area contributed by atoms with E-state index in [-0.39, 0.29) is 0 Å². The molecule has 3 N–H and O–H groups in total. The third-order valence-electron chi connectivity index (χ3n) is 3.20. The Labute approximate surface area is 121 Å². The lowest BCUT2D eigenvalue weighted by atomic mass is 10.1. The average molecular weight is 291 g/mol. The summed E-state index contributed by atoms with van der Waals surface area (Å²) in [6.07, 6.45) is 1.74. The Morgan fingerprint density at radius 3 is 3.05 bits per heavy atom. The van der Waals surface area contributed by atoms with Gasteiger partial charge in [-0.15, -0.1) is 0 Å². The number of thioether (sulfide) groups is 2. The lowest BCUT2D eigenvalue weighted by molar-refractivity contribution is 1.01. The largest absolute Gasteiger partial charge is 0.396 e. The molecule has 1 aromatic heterocycles. The number of hydrogen-bond acceptors (Lipinski definition) is 5. The molecule has 0 bridgehead atoms. The lowest BCUT2D eigenvalue weighted by Crippen LogP contribution is -2.23. The smallest absolute Gasteiger partial charge is 0.0743 e. The van der Waals surface area contributed by atoms with Gasteiger partial charge in [-0.3, -0.25) is 4.98 Å². The molecule has 0 aliphatic carbocycles. The van der Waals surface area contributed by atoms with Crippen LogP contribution in [-0.2, 0) is 0 Å². The predicted octanol–water partition coefficient (Wildman–Crippen LogP) is 3.08. The van der Waals surface area contributed by atoms with Crippen molar-refractivity contribution in [3.63, 3.8) is 0 Å². The van der Waals surface area contributed by atoms with Gasteiger partial charge in [0.2, 0.25) is 0 Å². The molecule has 3 nitrogen and oxygen atoms in total. The lowest BCUT2D eigenvalue weighted by Gasteiger charge is -2.22. The van der Waals surface area contributed by atoms with Crippen molar-refractivity contribution in [3.05, 3.63) is 30.5 Å². The van der Waals surface area contributed by atoms with Crippen molar-refractivity contribution >= 4 is 45.8 Å². The molecule has 0 amide bonds. The number of anilines is 2. The van der Waals surface area contributed by atoms with E-state index in [0.717, 1.165) is 28.8 Å². The Morgan fingerprint density at radius 1 is 1.32 bits per heavy atom. The molecule has 19 heavy (non-hydrogen) atoms. The van der Waals surface area contributed by atoms with Crippen molar-refractivity contribution in [1.29, 1.82) is 0 Å². The summed E-state index contributed by atoms with van der Waals surface area (Å²) in [6, 6.07) is 8.12. The molecule has 1 saturated heterocycles. The minimum atomic E-state index is 0.671. The number of pyridine rings is 1. The Balaban J connectivity index is 1.81. The van der Waals surface area contributed by atoms with Crippen LogP contribution in [0.15, 0.2) is 30.5 Å². The Hall–Kier alpha value is -1.07. The van der Waals surface area contributed by atoms with Crippen molar-refractivity contribution in [2.75, 3.05) is 34.9 Å². The summed E-state index contributed by atoms with van der Waals surface area (Å²) in [5.74, 6) is 3.76. The van der Waals surface area contributed by atoms with E-state index < -0.39 is 0 Å². The van der Waals surface area contributed by atoms with Crippen molar-refractivity contribution in [1.82, 2.24) is 4.98 Å². The fourth-order valence-electron chi connectivity index (χ4n) is 2.22. The van der Waals surface area contributed by atoms with E-state index in [1.54, 1.807) is 6.20 Å². The molecule has 100 valence electrons. The Kier molecular flexibility index (Phi) is 4.03. The number of para-hydroxylation sites is 1. The quantitative estimate of drug-likeness (QED) is 0.910. The van der Waals surface area contributed by atoms with Gasteiger partial charge in [0.25, 0.3) is 0 Å². The first-order valence-corrected chi connectivity index (χ1v) is 8.61. The molecule has 1 fully saturated rings. The number of nitrogen functional groups attached to an aromatic ring is 1. The van der Waals surface area contributed by atoms with E-state index in [9.17, 15) is 0 Å². The number of benzene rings is 1. The van der Waals surface area contributed by atoms with Crippen LogP contribution in [0.2, 0.25) is 0 Å². The third kappa shape index (κ3) is 2.92. The van der Waals surface area contributed by atoms with E-state index in [1.807, 2.05) is 30.0 Å². The zero-order valence-corrected chi connectivity index (χ0v) is 12.3. The van der Waals surface area contributed by atoms with Crippen molar-refractivity contribution in [3.8, 4) is 0 Å². The molecule has 1 aromatic carbocycles. The normalized spacial score (nSPS) is 19.5. The predicted molar refractivity (Wildman–Crippen MR) is 88.2 cm³/mol. The average Bonchev–Trinajstić information content (AvgIpc) is 2.47. The summed E-state index contributed by atoms with van der Waals surface area (Å²) in [7, 11) is 0. The van der Waals surface area contributed by atoms with Crippen molar-refractivity contribution in [2.45, 2.75) is 5.25 Å². The number of hydrogen-bond donors (Lipinski definition) is 2. The molecular weight excluding hydrogens is 274 g/mol. The standard InChI is InChI=1S/C14H17N3S2/c15-12-8-16-13-4-2-1-3-11(13)14(12)17-7-10-9-18-5-6-19-10/h1-4,8,10H,5-7,9,15H2,(H,16,17). The highest BCUT2D eigenvalue weighted by Gasteiger charge is 2.15. The molecule has 2 heterocycles. The first-order chi connectivity index (χ1) is 9.34. The summed E-state index contributed by atoms with van der Waals surface area (Å²) in [5, 5.41) is 5.31. The van der Waals surface area contributed by atoms with Gasteiger partial charge in [-0.25, -0.2) is 0 Å². The molecule has 0 spiro atoms. The molecule has 3 rings (SSSR count). The van der Waals surface area contributed by atoms with Crippen molar-refractivity contribution < 1.29 is 0 Å². The van der Waals surface area contributed by atoms with E-state index in [0.29, 0.717) is 5.25 Å². The molecule has 0 radical (unpaired) electrons. The number of fused-ring (bicyclic) bond motifs is 1. The van der Waals surface area contributed by atoms with Gasteiger partial charge >= 0.3 is 0 Å². The van der Waals surface area contributed by atoms with Crippen LogP contribution >= 0.6 is 23.5 Å². The zero-order chi connectivity index (χ0) is 13.1. The SMILES string of the molecule is Nc1cnc2ccccc2c1NCC1CSCCS1. The second-order valence-corrected chi connectivity index (χ2v) is 7.11. The molecule has 0 saturated carbocycles. The van der Waals surface area contributed by atoms with Gasteiger partial charge in [0.1, 0.15) is 0 Å². The highest BCUT2D eigenvalue weighted by Crippen LogP contribution is 2.29. The Morgan fingerprint density at radius 2 is 2.21 bits per heavy atom. The number of nitrogens with one attached hydrogen (secondary N) is 1. The van der Waals surface area contributed by atoms with Crippen LogP contribution in [0, 0.1) is 0 Å². The zero-order valence-electron chi connectivity index (χ0n) is 10.6. The number of nitrogens with two attached hydrogens (primary N) is 1. The molecular formula is C14H17N3S2. The molecule has 5 heteroatoms. The fraction of sp³-hybridized carbons (Fsp3) is 0.357. The highest BCUT2D eigenvalue weighted by molar-refractivity contribution is 8.06. The van der Waals surface area contributed by atoms with Gasteiger partial charge in [-0.05, 0) is 6.07 Å². The Bertz CT molecular complexity index is 568. The van der Waals surface area contributed by atoms with E-state index in [1.165, 1.54) is 17.3 Å². The minimum absolute atomic E-state index is 0.671. The summed E-state index contributed by atoms with van der Waals surface area (Å²) >= 11 is 4.10. The number of rotatable bonds is 3. The van der Waals surface area contributed by atoms with Crippen LogP contribution in [0.3, 0.4) is 0 Å². The monoisotopic (exact) mass is 291 g/mol. The van der Waals surface area contributed by atoms with Gasteiger partial charge in [-0.2, -0.15) is 23.5 Å². The van der Waals surface area contributed by atoms with Gasteiger partial charge in [-0.1, -0.05) is 18.2 Å². The highest BCUT2D eigenvalue weighted by atomic mass is 32.2. The van der Waals surface area contributed by atoms with Crippen LogP contribution in [0.5, 0.6) is 0 Å². The summed E-state index contributed by atoms with van der Waals surface area (Å²) < 4.78 is 0. The van der Waals surface area contributed by atoms with Gasteiger partial charge < -0.3 is 11.1 Å². The van der Waals surface area contributed by atoms with Crippen LogP contribution in [0.1, 0.15) is 0 Å². The first kappa shape index (κ1) is 12.9. The molecule has 1 unspecified atom stereocenters. The van der Waals surface area contributed by atoms with Crippen LogP contribution in [-0.4, -0.2) is 34.0 Å². The van der Waals surface area contributed by atoms with Crippen molar-refractivity contribution in [2.24, 2.45) is 0 Å². The summed E-state index contributed by atoms with van der Waals surface area (Å²) in [6.45, 7) is 0.968. The van der Waals surface area contributed by atoms with E-state index >= 15 is 0 Å². The molecule has 1 atom stereocenters. The summed E-state index contributed by atoms with van der Waals surface area (Å²) in [5.41, 5.74) is 8.81. The summed E-state index contributed by atoms with van der Waals surface area (Å²) in [4.78, 5) is 4.36. The maximum atomic E-state index is 6.07. The number of nitrogens with zero attached hydrogens (tertiary/aromatic N) is 1. The van der Waals surface area contributed by atoms with Crippen LogP contribution in [0.4, 0.5) is 11.4 Å². The van der Waals surface area contributed by atoms with Crippen LogP contribution < -0.4 is 11.1 Å². The van der Waals surface area contributed by atoms with E-state index in [4.69, 9.17) is 5.73 Å². The minimum Gasteiger partial charge on any atom is -0.396 e. The molecule has 1 aliphatic rings. The van der Waals surface area contributed by atoms with Crippen LogP contribution in [0.25, 0.3) is 10.9 Å².